The molecule has 8 heteroatoms. The molecule has 0 fully saturated rings. The molecule has 6 rings (SSSR count). The lowest BCUT2D eigenvalue weighted by Gasteiger charge is -2.25. The van der Waals surface area contributed by atoms with Gasteiger partial charge in [0.15, 0.2) is 4.80 Å². The van der Waals surface area contributed by atoms with E-state index in [0.717, 1.165) is 11.1 Å². The Labute approximate surface area is 251 Å². The second-order valence-electron chi connectivity index (χ2n) is 10.4. The molecule has 0 bridgehead atoms. The molecule has 3 heterocycles. The van der Waals surface area contributed by atoms with Crippen molar-refractivity contribution in [3.05, 3.63) is 144 Å². The molecule has 1 amide bonds. The fourth-order valence-electron chi connectivity index (χ4n) is 5.07. The van der Waals surface area contributed by atoms with E-state index in [-0.39, 0.29) is 11.5 Å². The number of nitrogens with zero attached hydrogens (tertiary/aromatic N) is 2. The van der Waals surface area contributed by atoms with E-state index in [2.05, 4.69) is 31.3 Å². The van der Waals surface area contributed by atoms with E-state index >= 15 is 0 Å². The van der Waals surface area contributed by atoms with E-state index in [1.54, 1.807) is 16.7 Å². The Hall–Kier alpha value is -4.46. The number of anilines is 1. The molecule has 210 valence electrons. The van der Waals surface area contributed by atoms with Gasteiger partial charge in [0, 0.05) is 22.3 Å². The molecule has 5 aromatic rings. The molecule has 6 nitrogen and oxygen atoms in total. The van der Waals surface area contributed by atoms with E-state index in [1.165, 1.54) is 16.9 Å². The largest absolute Gasteiger partial charge is 0.457 e. The molecular weight excluding hydrogens is 566 g/mol. The fraction of sp³-hybridized carbons (Fsp3) is 0.147. The average Bonchev–Trinajstić information content (AvgIpc) is 3.57. The molecule has 3 aromatic carbocycles. The van der Waals surface area contributed by atoms with Gasteiger partial charge in [0.2, 0.25) is 0 Å². The quantitative estimate of drug-likeness (QED) is 0.232. The highest BCUT2D eigenvalue weighted by Gasteiger charge is 2.32. The number of carbonyl (C=O) groups is 1. The Morgan fingerprint density at radius 1 is 1.02 bits per heavy atom. The molecule has 0 radical (unpaired) electrons. The van der Waals surface area contributed by atoms with Crippen molar-refractivity contribution in [3.8, 4) is 11.3 Å². The first kappa shape index (κ1) is 27.7. The highest BCUT2D eigenvalue weighted by Crippen LogP contribution is 2.32. The number of furan rings is 1. The Morgan fingerprint density at radius 2 is 1.79 bits per heavy atom. The Kier molecular flexibility index (Phi) is 7.54. The van der Waals surface area contributed by atoms with Crippen molar-refractivity contribution in [1.29, 1.82) is 0 Å². The lowest BCUT2D eigenvalue weighted by Crippen LogP contribution is -2.40. The summed E-state index contributed by atoms with van der Waals surface area (Å²) in [6.45, 7) is 6.08. The summed E-state index contributed by atoms with van der Waals surface area (Å²) >= 11 is 7.43. The molecule has 42 heavy (non-hydrogen) atoms. The number of aromatic nitrogens is 1. The monoisotopic (exact) mass is 593 g/mol. The molecule has 1 atom stereocenters. The van der Waals surface area contributed by atoms with Gasteiger partial charge in [0.05, 0.1) is 21.8 Å². The minimum absolute atomic E-state index is 0.241. The zero-order valence-corrected chi connectivity index (χ0v) is 24.9. The van der Waals surface area contributed by atoms with Gasteiger partial charge in [0.1, 0.15) is 11.5 Å². The average molecular weight is 594 g/mol. The zero-order valence-electron chi connectivity index (χ0n) is 23.3. The second-order valence-corrected chi connectivity index (χ2v) is 11.9. The number of thiazole rings is 1. The topological polar surface area (TPSA) is 76.6 Å². The number of fused-ring (bicyclic) bond motifs is 1. The third kappa shape index (κ3) is 5.41. The van der Waals surface area contributed by atoms with Crippen LogP contribution in [0, 0.1) is 0 Å². The third-order valence-corrected chi connectivity index (χ3v) is 8.44. The van der Waals surface area contributed by atoms with Gasteiger partial charge >= 0.3 is 0 Å². The van der Waals surface area contributed by atoms with Crippen molar-refractivity contribution in [2.24, 2.45) is 4.99 Å². The second kappa shape index (κ2) is 11.4. The van der Waals surface area contributed by atoms with Crippen LogP contribution < -0.4 is 20.2 Å². The highest BCUT2D eigenvalue weighted by atomic mass is 35.5. The van der Waals surface area contributed by atoms with Crippen molar-refractivity contribution < 1.29 is 9.21 Å². The SMILES string of the molecule is CC1=C(C(=O)Nc2ccccc2)C(c2ccc(C(C)C)cc2)n2c(s/c(=C\c3ccc(-c4cccc(Cl)c4)o3)c2=O)=N1. The maximum absolute atomic E-state index is 14.0. The number of benzene rings is 3. The van der Waals surface area contributed by atoms with Crippen molar-refractivity contribution in [2.75, 3.05) is 5.32 Å². The van der Waals surface area contributed by atoms with Crippen LogP contribution in [0.4, 0.5) is 5.69 Å². The highest BCUT2D eigenvalue weighted by molar-refractivity contribution is 7.07. The van der Waals surface area contributed by atoms with Crippen molar-refractivity contribution in [1.82, 2.24) is 4.57 Å². The van der Waals surface area contributed by atoms with E-state index in [4.69, 9.17) is 21.0 Å². The maximum atomic E-state index is 14.0. The number of nitrogens with one attached hydrogen (secondary N) is 1. The van der Waals surface area contributed by atoms with Crippen LogP contribution in [0.3, 0.4) is 0 Å². The van der Waals surface area contributed by atoms with Crippen molar-refractivity contribution in [2.45, 2.75) is 32.7 Å². The van der Waals surface area contributed by atoms with Crippen LogP contribution in [-0.4, -0.2) is 10.5 Å². The van der Waals surface area contributed by atoms with Gasteiger partial charge in [-0.1, -0.05) is 91.4 Å². The molecule has 0 spiro atoms. The molecule has 0 saturated heterocycles. The number of para-hydroxylation sites is 1. The third-order valence-electron chi connectivity index (χ3n) is 7.23. The van der Waals surface area contributed by atoms with Gasteiger partial charge in [-0.25, -0.2) is 4.99 Å². The van der Waals surface area contributed by atoms with Gasteiger partial charge in [-0.15, -0.1) is 0 Å². The van der Waals surface area contributed by atoms with Gasteiger partial charge in [-0.2, -0.15) is 0 Å². The number of rotatable bonds is 6. The van der Waals surface area contributed by atoms with Crippen LogP contribution in [0.25, 0.3) is 17.4 Å². The van der Waals surface area contributed by atoms with E-state index < -0.39 is 6.04 Å². The van der Waals surface area contributed by atoms with E-state index in [0.29, 0.717) is 48.8 Å². The normalized spacial score (nSPS) is 15.1. The summed E-state index contributed by atoms with van der Waals surface area (Å²) in [5, 5.41) is 3.60. The van der Waals surface area contributed by atoms with Gasteiger partial charge in [-0.05, 0) is 60.4 Å². The summed E-state index contributed by atoms with van der Waals surface area (Å²) in [5.74, 6) is 1.23. The Balaban J connectivity index is 1.45. The molecule has 1 aliphatic heterocycles. The van der Waals surface area contributed by atoms with Crippen LogP contribution in [0.5, 0.6) is 0 Å². The molecule has 1 aliphatic rings. The van der Waals surface area contributed by atoms with Crippen LogP contribution in [0.15, 0.2) is 116 Å². The molecule has 0 aliphatic carbocycles. The predicted octanol–water partition coefficient (Wildman–Crippen LogP) is 6.91. The van der Waals surface area contributed by atoms with Crippen molar-refractivity contribution in [3.63, 3.8) is 0 Å². The number of allylic oxidation sites excluding steroid dienone is 1. The summed E-state index contributed by atoms with van der Waals surface area (Å²) in [4.78, 5) is 33.0. The summed E-state index contributed by atoms with van der Waals surface area (Å²) < 4.78 is 8.13. The summed E-state index contributed by atoms with van der Waals surface area (Å²) in [6.07, 6.45) is 1.72. The lowest BCUT2D eigenvalue weighted by molar-refractivity contribution is -0.113. The number of hydrogen-bond donors (Lipinski definition) is 1. The van der Waals surface area contributed by atoms with Gasteiger partial charge in [-0.3, -0.25) is 14.2 Å². The summed E-state index contributed by atoms with van der Waals surface area (Å²) in [6, 6.07) is 27.8. The number of halogens is 1. The fourth-order valence-corrected chi connectivity index (χ4v) is 6.28. The molecular formula is C34H28ClN3O3S. The smallest absolute Gasteiger partial charge is 0.271 e. The first-order valence-electron chi connectivity index (χ1n) is 13.6. The van der Waals surface area contributed by atoms with Gasteiger partial charge in [0.25, 0.3) is 11.5 Å². The Morgan fingerprint density at radius 3 is 2.50 bits per heavy atom. The van der Waals surface area contributed by atoms with E-state index in [1.807, 2.05) is 79.7 Å². The molecule has 2 aromatic heterocycles. The summed E-state index contributed by atoms with van der Waals surface area (Å²) in [7, 11) is 0. The molecule has 0 saturated carbocycles. The number of hydrogen-bond acceptors (Lipinski definition) is 5. The molecule has 1 unspecified atom stereocenters. The first-order chi connectivity index (χ1) is 20.3. The van der Waals surface area contributed by atoms with Crippen LogP contribution in [0.2, 0.25) is 5.02 Å². The number of carbonyl (C=O) groups excluding carboxylic acids is 1. The minimum Gasteiger partial charge on any atom is -0.457 e. The molecule has 1 N–H and O–H groups in total. The standard InChI is InChI=1S/C34H28ClN3O3S/c1-20(2)22-12-14-23(15-13-22)31-30(32(39)37-26-10-5-4-6-11-26)21(3)36-34-38(31)33(40)29(42-34)19-27-16-17-28(41-27)24-8-7-9-25(35)18-24/h4-20,31H,1-3H3,(H,37,39)/b29-19-. The lowest BCUT2D eigenvalue weighted by atomic mass is 9.93. The van der Waals surface area contributed by atoms with Crippen molar-refractivity contribution >= 4 is 40.6 Å². The summed E-state index contributed by atoms with van der Waals surface area (Å²) in [5.41, 5.74) is 4.28. The first-order valence-corrected chi connectivity index (χ1v) is 14.8. The maximum Gasteiger partial charge on any atom is 0.271 e. The van der Waals surface area contributed by atoms with E-state index in [9.17, 15) is 9.59 Å². The minimum atomic E-state index is -0.646. The van der Waals surface area contributed by atoms with Crippen LogP contribution in [0.1, 0.15) is 49.6 Å². The van der Waals surface area contributed by atoms with Crippen LogP contribution in [-0.2, 0) is 4.79 Å². The van der Waals surface area contributed by atoms with Crippen LogP contribution >= 0.6 is 22.9 Å². The Bertz CT molecular complexity index is 2000. The zero-order chi connectivity index (χ0) is 29.4. The van der Waals surface area contributed by atoms with Gasteiger partial charge < -0.3 is 9.73 Å². The number of amides is 1. The predicted molar refractivity (Wildman–Crippen MR) is 169 cm³/mol.